The lowest BCUT2D eigenvalue weighted by Crippen LogP contribution is -2.17. The number of nitriles is 1. The van der Waals surface area contributed by atoms with E-state index in [4.69, 9.17) is 16.9 Å². The normalized spacial score (nSPS) is 9.83. The first-order valence-corrected chi connectivity index (χ1v) is 6.54. The van der Waals surface area contributed by atoms with E-state index in [-0.39, 0.29) is 6.54 Å². The number of para-hydroxylation sites is 1. The fourth-order valence-electron chi connectivity index (χ4n) is 1.69. The molecule has 2 aromatic carbocycles. The fourth-order valence-corrected chi connectivity index (χ4v) is 2.47. The van der Waals surface area contributed by atoms with E-state index in [0.29, 0.717) is 5.02 Å². The number of benzene rings is 2. The Bertz CT molecular complexity index is 578. The average Bonchev–Trinajstić information content (AvgIpc) is 2.38. The first-order valence-electron chi connectivity index (χ1n) is 5.37. The number of nitrogens with zero attached hydrogens (tertiary/aromatic N) is 2. The van der Waals surface area contributed by atoms with E-state index in [2.05, 4.69) is 22.0 Å². The molecule has 18 heavy (non-hydrogen) atoms. The van der Waals surface area contributed by atoms with Crippen LogP contribution in [0.4, 0.5) is 11.4 Å². The maximum Gasteiger partial charge on any atom is 0.110 e. The molecule has 0 aliphatic carbocycles. The van der Waals surface area contributed by atoms with Crippen LogP contribution in [0.2, 0.25) is 5.02 Å². The number of hydrogen-bond acceptors (Lipinski definition) is 2. The summed E-state index contributed by atoms with van der Waals surface area (Å²) in [5, 5.41) is 9.58. The maximum atomic E-state index is 8.96. The summed E-state index contributed by atoms with van der Waals surface area (Å²) in [5.74, 6) is 0. The summed E-state index contributed by atoms with van der Waals surface area (Å²) in [7, 11) is 0. The fraction of sp³-hybridized carbons (Fsp3) is 0.0714. The summed E-state index contributed by atoms with van der Waals surface area (Å²) in [6.07, 6.45) is 0. The van der Waals surface area contributed by atoms with Crippen LogP contribution in [-0.2, 0) is 0 Å². The summed E-state index contributed by atoms with van der Waals surface area (Å²) in [6, 6.07) is 17.5. The van der Waals surface area contributed by atoms with Crippen molar-refractivity contribution in [3.8, 4) is 6.07 Å². The van der Waals surface area contributed by atoms with Crippen molar-refractivity contribution in [1.82, 2.24) is 0 Å². The maximum absolute atomic E-state index is 8.96. The molecule has 2 nitrogen and oxygen atoms in total. The molecule has 2 aromatic rings. The number of anilines is 2. The van der Waals surface area contributed by atoms with Gasteiger partial charge in [0.2, 0.25) is 0 Å². The van der Waals surface area contributed by atoms with Crippen LogP contribution in [0.5, 0.6) is 0 Å². The minimum atomic E-state index is 0.255. The predicted molar refractivity (Wildman–Crippen MR) is 78.2 cm³/mol. The van der Waals surface area contributed by atoms with E-state index < -0.39 is 0 Å². The monoisotopic (exact) mass is 320 g/mol. The molecule has 0 bridgehead atoms. The Labute approximate surface area is 120 Å². The molecule has 0 amide bonds. The zero-order chi connectivity index (χ0) is 13.0. The highest BCUT2D eigenvalue weighted by Crippen LogP contribution is 2.33. The van der Waals surface area contributed by atoms with Crippen molar-refractivity contribution in [2.75, 3.05) is 11.4 Å². The van der Waals surface area contributed by atoms with Gasteiger partial charge in [-0.2, -0.15) is 5.26 Å². The third kappa shape index (κ3) is 2.84. The van der Waals surface area contributed by atoms with Gasteiger partial charge >= 0.3 is 0 Å². The van der Waals surface area contributed by atoms with Crippen LogP contribution in [0.3, 0.4) is 0 Å². The SMILES string of the molecule is N#CCN(c1ccccc1)c1ccc(Br)cc1Cl. The number of rotatable bonds is 3. The van der Waals surface area contributed by atoms with Crippen molar-refractivity contribution in [2.24, 2.45) is 0 Å². The van der Waals surface area contributed by atoms with Crippen LogP contribution in [-0.4, -0.2) is 6.54 Å². The van der Waals surface area contributed by atoms with Gasteiger partial charge in [-0.15, -0.1) is 0 Å². The molecular weight excluding hydrogens is 312 g/mol. The van der Waals surface area contributed by atoms with E-state index in [1.54, 1.807) is 0 Å². The topological polar surface area (TPSA) is 27.0 Å². The van der Waals surface area contributed by atoms with Crippen LogP contribution in [0.15, 0.2) is 53.0 Å². The quantitative estimate of drug-likeness (QED) is 0.762. The Morgan fingerprint density at radius 3 is 2.50 bits per heavy atom. The van der Waals surface area contributed by atoms with Crippen molar-refractivity contribution < 1.29 is 0 Å². The van der Waals surface area contributed by atoms with Gasteiger partial charge < -0.3 is 4.90 Å². The molecule has 0 aliphatic heterocycles. The van der Waals surface area contributed by atoms with Crippen LogP contribution >= 0.6 is 27.5 Å². The Morgan fingerprint density at radius 1 is 1.17 bits per heavy atom. The first-order chi connectivity index (χ1) is 8.72. The van der Waals surface area contributed by atoms with Gasteiger partial charge in [-0.05, 0) is 30.3 Å². The van der Waals surface area contributed by atoms with Gasteiger partial charge in [0.1, 0.15) is 6.54 Å². The Kier molecular flexibility index (Phi) is 4.24. The molecular formula is C14H10BrClN2. The van der Waals surface area contributed by atoms with Crippen LogP contribution in [0, 0.1) is 11.3 Å². The third-order valence-electron chi connectivity index (χ3n) is 2.50. The third-order valence-corrected chi connectivity index (χ3v) is 3.29. The average molecular weight is 322 g/mol. The van der Waals surface area contributed by atoms with Gasteiger partial charge in [-0.3, -0.25) is 0 Å². The minimum absolute atomic E-state index is 0.255. The van der Waals surface area contributed by atoms with Crippen molar-refractivity contribution in [2.45, 2.75) is 0 Å². The van der Waals surface area contributed by atoms with E-state index in [0.717, 1.165) is 15.8 Å². The molecule has 0 radical (unpaired) electrons. The second-order valence-electron chi connectivity index (χ2n) is 3.68. The van der Waals surface area contributed by atoms with Gasteiger partial charge in [-0.1, -0.05) is 45.7 Å². The lowest BCUT2D eigenvalue weighted by molar-refractivity contribution is 1.10. The van der Waals surface area contributed by atoms with E-state index >= 15 is 0 Å². The van der Waals surface area contributed by atoms with Gasteiger partial charge in [0.15, 0.2) is 0 Å². The molecule has 0 atom stereocenters. The van der Waals surface area contributed by atoms with Gasteiger partial charge in [-0.25, -0.2) is 0 Å². The molecule has 0 unspecified atom stereocenters. The summed E-state index contributed by atoms with van der Waals surface area (Å²) >= 11 is 9.60. The highest BCUT2D eigenvalue weighted by atomic mass is 79.9. The van der Waals surface area contributed by atoms with Crippen molar-refractivity contribution in [3.63, 3.8) is 0 Å². The van der Waals surface area contributed by atoms with Crippen LogP contribution in [0.1, 0.15) is 0 Å². The van der Waals surface area contributed by atoms with Gasteiger partial charge in [0, 0.05) is 10.2 Å². The molecule has 0 spiro atoms. The summed E-state index contributed by atoms with van der Waals surface area (Å²) in [5.41, 5.74) is 1.77. The summed E-state index contributed by atoms with van der Waals surface area (Å²) < 4.78 is 0.918. The predicted octanol–water partition coefficient (Wildman–Crippen LogP) is 4.76. The van der Waals surface area contributed by atoms with E-state index in [1.807, 2.05) is 53.4 Å². The number of halogens is 2. The first kappa shape index (κ1) is 12.9. The van der Waals surface area contributed by atoms with E-state index in [1.165, 1.54) is 0 Å². The van der Waals surface area contributed by atoms with Gasteiger partial charge in [0.05, 0.1) is 16.8 Å². The lowest BCUT2D eigenvalue weighted by atomic mass is 10.2. The zero-order valence-electron chi connectivity index (χ0n) is 9.48. The molecule has 4 heteroatoms. The molecule has 90 valence electrons. The second-order valence-corrected chi connectivity index (χ2v) is 5.00. The summed E-state index contributed by atoms with van der Waals surface area (Å²) in [4.78, 5) is 1.88. The highest BCUT2D eigenvalue weighted by molar-refractivity contribution is 9.10. The molecule has 0 saturated carbocycles. The smallest absolute Gasteiger partial charge is 0.110 e. The molecule has 2 rings (SSSR count). The van der Waals surface area contributed by atoms with Crippen LogP contribution < -0.4 is 4.90 Å². The van der Waals surface area contributed by atoms with Crippen LogP contribution in [0.25, 0.3) is 0 Å². The largest absolute Gasteiger partial charge is 0.326 e. The lowest BCUT2D eigenvalue weighted by Gasteiger charge is -2.23. The molecule has 0 N–H and O–H groups in total. The Morgan fingerprint density at radius 2 is 1.89 bits per heavy atom. The second kappa shape index (κ2) is 5.90. The Balaban J connectivity index is 2.46. The highest BCUT2D eigenvalue weighted by Gasteiger charge is 2.12. The Hall–Kier alpha value is -1.50. The van der Waals surface area contributed by atoms with Crippen molar-refractivity contribution >= 4 is 38.9 Å². The number of hydrogen-bond donors (Lipinski definition) is 0. The molecule has 0 fully saturated rings. The molecule has 0 heterocycles. The van der Waals surface area contributed by atoms with E-state index in [9.17, 15) is 0 Å². The van der Waals surface area contributed by atoms with Crippen molar-refractivity contribution in [3.05, 3.63) is 58.0 Å². The standard InChI is InChI=1S/C14H10BrClN2/c15-11-6-7-14(13(16)10-11)18(9-8-17)12-4-2-1-3-5-12/h1-7,10H,9H2. The van der Waals surface area contributed by atoms with Crippen molar-refractivity contribution in [1.29, 1.82) is 5.26 Å². The molecule has 0 aromatic heterocycles. The molecule has 0 aliphatic rings. The minimum Gasteiger partial charge on any atom is -0.326 e. The molecule has 0 saturated heterocycles. The summed E-state index contributed by atoms with van der Waals surface area (Å²) in [6.45, 7) is 0.255. The zero-order valence-corrected chi connectivity index (χ0v) is 11.8. The van der Waals surface area contributed by atoms with Gasteiger partial charge in [0.25, 0.3) is 0 Å².